The largest absolute Gasteiger partial charge is 0.383 e. The minimum Gasteiger partial charge on any atom is -0.348 e. The molecule has 0 aromatic rings. The number of alkyl halides is 4. The van der Waals surface area contributed by atoms with Crippen molar-refractivity contribution < 1.29 is 30.8 Å². The second-order valence-corrected chi connectivity index (χ2v) is 6.97. The number of carbonyl (C=O) groups is 1. The van der Waals surface area contributed by atoms with Gasteiger partial charge in [-0.05, 0) is 19.3 Å². The van der Waals surface area contributed by atoms with Gasteiger partial charge in [0.05, 0.1) is 5.75 Å². The Morgan fingerprint density at radius 2 is 1.86 bits per heavy atom. The fourth-order valence-corrected chi connectivity index (χ4v) is 3.59. The monoisotopic (exact) mass is 334 g/mol. The van der Waals surface area contributed by atoms with Gasteiger partial charge in [0.2, 0.25) is 10.0 Å². The number of nitrogens with one attached hydrogen (secondary N) is 1. The molecule has 1 aliphatic heterocycles. The third-order valence-electron chi connectivity index (χ3n) is 3.22. The van der Waals surface area contributed by atoms with Crippen molar-refractivity contribution in [3.05, 3.63) is 0 Å². The summed E-state index contributed by atoms with van der Waals surface area (Å²) in [6.45, 7) is 1.87. The molecule has 0 aromatic heterocycles. The van der Waals surface area contributed by atoms with Gasteiger partial charge in [0, 0.05) is 19.1 Å². The summed E-state index contributed by atoms with van der Waals surface area (Å²) in [7, 11) is -3.37. The van der Waals surface area contributed by atoms with Gasteiger partial charge >= 0.3 is 12.3 Å². The molecule has 1 fully saturated rings. The number of hydrogen-bond donors (Lipinski definition) is 1. The van der Waals surface area contributed by atoms with Gasteiger partial charge in [-0.1, -0.05) is 6.92 Å². The average molecular weight is 334 g/mol. The Kier molecular flexibility index (Phi) is 5.97. The average Bonchev–Trinajstić information content (AvgIpc) is 2.39. The van der Waals surface area contributed by atoms with Gasteiger partial charge in [0.1, 0.15) is 0 Å². The lowest BCUT2D eigenvalue weighted by Gasteiger charge is -2.32. The Labute approximate surface area is 120 Å². The number of carbonyl (C=O) groups excluding carboxylic acids is 1. The first kappa shape index (κ1) is 18.1. The van der Waals surface area contributed by atoms with Crippen LogP contribution in [0.2, 0.25) is 0 Å². The van der Waals surface area contributed by atoms with Gasteiger partial charge in [-0.3, -0.25) is 4.79 Å². The van der Waals surface area contributed by atoms with Crippen molar-refractivity contribution in [2.45, 2.75) is 44.6 Å². The molecule has 0 saturated carbocycles. The van der Waals surface area contributed by atoms with Gasteiger partial charge < -0.3 is 5.32 Å². The van der Waals surface area contributed by atoms with Crippen LogP contribution in [0, 0.1) is 0 Å². The van der Waals surface area contributed by atoms with Crippen LogP contribution in [0.4, 0.5) is 17.6 Å². The summed E-state index contributed by atoms with van der Waals surface area (Å²) in [6.07, 6.45) is -3.37. The molecule has 21 heavy (non-hydrogen) atoms. The van der Waals surface area contributed by atoms with Crippen molar-refractivity contribution in [2.75, 3.05) is 18.8 Å². The second kappa shape index (κ2) is 6.91. The number of piperidine rings is 1. The van der Waals surface area contributed by atoms with Crippen LogP contribution in [0.5, 0.6) is 0 Å². The SMILES string of the molecule is CCCS(=O)(=O)N1CCC(NC(=O)C(F)(F)C(F)F)CC1. The summed E-state index contributed by atoms with van der Waals surface area (Å²) < 4.78 is 74.4. The summed E-state index contributed by atoms with van der Waals surface area (Å²) in [4.78, 5) is 11.1. The summed E-state index contributed by atoms with van der Waals surface area (Å²) in [5.74, 6) is -6.76. The molecule has 5 nitrogen and oxygen atoms in total. The molecule has 0 radical (unpaired) electrons. The number of nitrogens with zero attached hydrogens (tertiary/aromatic N) is 1. The molecule has 1 rings (SSSR count). The smallest absolute Gasteiger partial charge is 0.348 e. The van der Waals surface area contributed by atoms with Gasteiger partial charge in [0.25, 0.3) is 5.91 Å². The van der Waals surface area contributed by atoms with Gasteiger partial charge in [-0.25, -0.2) is 21.5 Å². The minimum absolute atomic E-state index is 0.00647. The molecule has 1 aliphatic rings. The fraction of sp³-hybridized carbons (Fsp3) is 0.909. The molecule has 0 unspecified atom stereocenters. The zero-order valence-electron chi connectivity index (χ0n) is 11.5. The van der Waals surface area contributed by atoms with Crippen LogP contribution in [0.15, 0.2) is 0 Å². The van der Waals surface area contributed by atoms with Crippen LogP contribution >= 0.6 is 0 Å². The molecule has 124 valence electrons. The first-order valence-corrected chi connectivity index (χ1v) is 8.17. The quantitative estimate of drug-likeness (QED) is 0.743. The molecule has 10 heteroatoms. The molecule has 0 bridgehead atoms. The molecule has 0 aromatic carbocycles. The van der Waals surface area contributed by atoms with E-state index < -0.39 is 34.3 Å². The van der Waals surface area contributed by atoms with E-state index in [1.54, 1.807) is 6.92 Å². The van der Waals surface area contributed by atoms with E-state index in [1.165, 1.54) is 4.31 Å². The number of amides is 1. The first-order chi connectivity index (χ1) is 9.61. The topological polar surface area (TPSA) is 66.5 Å². The summed E-state index contributed by atoms with van der Waals surface area (Å²) >= 11 is 0. The van der Waals surface area contributed by atoms with Crippen LogP contribution < -0.4 is 5.32 Å². The minimum atomic E-state index is -4.73. The zero-order chi connectivity index (χ0) is 16.3. The van der Waals surface area contributed by atoms with Gasteiger partial charge in [-0.15, -0.1) is 0 Å². The van der Waals surface area contributed by atoms with Crippen LogP contribution in [0.25, 0.3) is 0 Å². The Balaban J connectivity index is 2.53. The molecular weight excluding hydrogens is 316 g/mol. The van der Waals surface area contributed by atoms with Crippen molar-refractivity contribution in [3.8, 4) is 0 Å². The summed E-state index contributed by atoms with van der Waals surface area (Å²) in [5.41, 5.74) is 0. The zero-order valence-corrected chi connectivity index (χ0v) is 12.3. The van der Waals surface area contributed by atoms with Crippen molar-refractivity contribution in [2.24, 2.45) is 0 Å². The van der Waals surface area contributed by atoms with E-state index in [1.807, 2.05) is 5.32 Å². The maximum atomic E-state index is 12.8. The maximum absolute atomic E-state index is 12.8. The number of hydrogen-bond acceptors (Lipinski definition) is 3. The van der Waals surface area contributed by atoms with E-state index in [-0.39, 0.29) is 31.7 Å². The normalized spacial score (nSPS) is 19.0. The van der Waals surface area contributed by atoms with E-state index in [0.29, 0.717) is 6.42 Å². The molecule has 1 N–H and O–H groups in total. The van der Waals surface area contributed by atoms with Gasteiger partial charge in [-0.2, -0.15) is 8.78 Å². The Morgan fingerprint density at radius 1 is 1.33 bits per heavy atom. The Hall–Kier alpha value is -0.900. The molecular formula is C11H18F4N2O3S. The predicted octanol–water partition coefficient (Wildman–Crippen LogP) is 1.21. The molecule has 1 amide bonds. The van der Waals surface area contributed by atoms with E-state index in [0.717, 1.165) is 0 Å². The summed E-state index contributed by atoms with van der Waals surface area (Å²) in [5, 5.41) is 1.85. The van der Waals surface area contributed by atoms with Crippen LogP contribution in [0.3, 0.4) is 0 Å². The predicted molar refractivity (Wildman–Crippen MR) is 67.8 cm³/mol. The number of sulfonamides is 1. The second-order valence-electron chi connectivity index (χ2n) is 4.89. The lowest BCUT2D eigenvalue weighted by molar-refractivity contribution is -0.170. The van der Waals surface area contributed by atoms with E-state index in [9.17, 15) is 30.8 Å². The van der Waals surface area contributed by atoms with E-state index >= 15 is 0 Å². The number of rotatable bonds is 6. The lowest BCUT2D eigenvalue weighted by atomic mass is 10.1. The van der Waals surface area contributed by atoms with E-state index in [4.69, 9.17) is 0 Å². The molecule has 0 atom stereocenters. The van der Waals surface area contributed by atoms with Crippen LogP contribution in [-0.2, 0) is 14.8 Å². The molecule has 0 aliphatic carbocycles. The van der Waals surface area contributed by atoms with Crippen molar-refractivity contribution >= 4 is 15.9 Å². The maximum Gasteiger partial charge on any atom is 0.383 e. The Morgan fingerprint density at radius 3 is 2.29 bits per heavy atom. The third-order valence-corrected chi connectivity index (χ3v) is 5.30. The van der Waals surface area contributed by atoms with Gasteiger partial charge in [0.15, 0.2) is 0 Å². The van der Waals surface area contributed by atoms with Crippen molar-refractivity contribution in [1.82, 2.24) is 9.62 Å². The molecule has 1 heterocycles. The first-order valence-electron chi connectivity index (χ1n) is 6.56. The highest BCUT2D eigenvalue weighted by Gasteiger charge is 2.49. The highest BCUT2D eigenvalue weighted by molar-refractivity contribution is 7.89. The van der Waals surface area contributed by atoms with Crippen LogP contribution in [0.1, 0.15) is 26.2 Å². The third kappa shape index (κ3) is 4.53. The van der Waals surface area contributed by atoms with Crippen LogP contribution in [-0.4, -0.2) is 55.9 Å². The van der Waals surface area contributed by atoms with E-state index in [2.05, 4.69) is 0 Å². The Bertz CT molecular complexity index is 462. The van der Waals surface area contributed by atoms with Crippen molar-refractivity contribution in [3.63, 3.8) is 0 Å². The standard InChI is InChI=1S/C11H18F4N2O3S/c1-2-7-21(19,20)17-5-3-8(4-6-17)16-10(18)11(14,15)9(12)13/h8-9H,2-7H2,1H3,(H,16,18). The fourth-order valence-electron chi connectivity index (χ4n) is 2.05. The van der Waals surface area contributed by atoms with Crippen molar-refractivity contribution in [1.29, 1.82) is 0 Å². The number of halogens is 4. The highest BCUT2D eigenvalue weighted by Crippen LogP contribution is 2.24. The lowest BCUT2D eigenvalue weighted by Crippen LogP contribution is -2.52. The molecule has 1 saturated heterocycles. The highest BCUT2D eigenvalue weighted by atomic mass is 32.2. The molecule has 0 spiro atoms. The summed E-state index contributed by atoms with van der Waals surface area (Å²) in [6, 6.07) is -0.727.